The zero-order chi connectivity index (χ0) is 16.0. The standard InChI is InChI=1S/C17H24N2O3/c1-10-7-14(16(20)18(3)11(10)2)17(21)19-8-12-5-6-13(9-19)15(12)22-4/h7,12-13,15H,5-6,8-9H2,1-4H3/t12-,13+,15?. The summed E-state index contributed by atoms with van der Waals surface area (Å²) in [5.74, 6) is 0.682. The minimum absolute atomic E-state index is 0.129. The van der Waals surface area contributed by atoms with Gasteiger partial charge < -0.3 is 14.2 Å². The first kappa shape index (κ1) is 15.3. The SMILES string of the molecule is COC1[C@@H]2CC[C@H]1CN(C(=O)c1cc(C)c(C)n(C)c1=O)C2. The number of hydrogen-bond acceptors (Lipinski definition) is 3. The van der Waals surface area contributed by atoms with Crippen LogP contribution in [0.5, 0.6) is 0 Å². The maximum atomic E-state index is 12.8. The van der Waals surface area contributed by atoms with Gasteiger partial charge in [0.25, 0.3) is 11.5 Å². The highest BCUT2D eigenvalue weighted by molar-refractivity contribution is 5.94. The Morgan fingerprint density at radius 1 is 1.23 bits per heavy atom. The zero-order valence-electron chi connectivity index (χ0n) is 13.8. The van der Waals surface area contributed by atoms with E-state index in [2.05, 4.69) is 0 Å². The second-order valence-corrected chi connectivity index (χ2v) is 6.70. The molecule has 120 valence electrons. The largest absolute Gasteiger partial charge is 0.381 e. The highest BCUT2D eigenvalue weighted by Crippen LogP contribution is 2.38. The Morgan fingerprint density at radius 3 is 2.36 bits per heavy atom. The molecule has 1 amide bonds. The fourth-order valence-electron chi connectivity index (χ4n) is 4.03. The van der Waals surface area contributed by atoms with Crippen LogP contribution in [-0.4, -0.2) is 41.7 Å². The molecular formula is C17H24N2O3. The average molecular weight is 304 g/mol. The van der Waals surface area contributed by atoms with Crippen LogP contribution in [0.4, 0.5) is 0 Å². The Morgan fingerprint density at radius 2 is 1.82 bits per heavy atom. The van der Waals surface area contributed by atoms with Crippen LogP contribution < -0.4 is 5.56 Å². The summed E-state index contributed by atoms with van der Waals surface area (Å²) in [6, 6.07) is 1.74. The second kappa shape index (κ2) is 5.54. The van der Waals surface area contributed by atoms with E-state index < -0.39 is 0 Å². The summed E-state index contributed by atoms with van der Waals surface area (Å²) in [7, 11) is 3.48. The van der Waals surface area contributed by atoms with Gasteiger partial charge in [-0.3, -0.25) is 9.59 Å². The number of likely N-dealkylation sites (tertiary alicyclic amines) is 1. The normalized spacial score (nSPS) is 27.3. The summed E-state index contributed by atoms with van der Waals surface area (Å²) in [5, 5.41) is 0. The number of rotatable bonds is 2. The molecule has 1 aliphatic carbocycles. The number of carbonyl (C=O) groups excluding carboxylic acids is 1. The lowest BCUT2D eigenvalue weighted by molar-refractivity contribution is -0.0114. The average Bonchev–Trinajstić information content (AvgIpc) is 2.76. The molecule has 5 nitrogen and oxygen atoms in total. The molecule has 1 unspecified atom stereocenters. The molecule has 1 aliphatic heterocycles. The molecule has 3 rings (SSSR count). The van der Waals surface area contributed by atoms with Crippen LogP contribution in [0.25, 0.3) is 0 Å². The van der Waals surface area contributed by atoms with E-state index in [1.54, 1.807) is 24.8 Å². The molecule has 0 radical (unpaired) electrons. The second-order valence-electron chi connectivity index (χ2n) is 6.70. The first-order chi connectivity index (χ1) is 10.4. The quantitative estimate of drug-likeness (QED) is 0.832. The van der Waals surface area contributed by atoms with Gasteiger partial charge in [0.2, 0.25) is 0 Å². The van der Waals surface area contributed by atoms with Crippen molar-refractivity contribution >= 4 is 5.91 Å². The third-order valence-electron chi connectivity index (χ3n) is 5.51. The van der Waals surface area contributed by atoms with Gasteiger partial charge in [0.15, 0.2) is 0 Å². The monoisotopic (exact) mass is 304 g/mol. The molecule has 5 heteroatoms. The summed E-state index contributed by atoms with van der Waals surface area (Å²) in [6.07, 6.45) is 2.49. The number of ether oxygens (including phenoxy) is 1. The fourth-order valence-corrected chi connectivity index (χ4v) is 4.03. The van der Waals surface area contributed by atoms with Crippen LogP contribution in [0.1, 0.15) is 34.5 Å². The van der Waals surface area contributed by atoms with Crippen molar-refractivity contribution in [2.75, 3.05) is 20.2 Å². The molecule has 1 saturated carbocycles. The van der Waals surface area contributed by atoms with E-state index in [9.17, 15) is 9.59 Å². The van der Waals surface area contributed by atoms with E-state index in [-0.39, 0.29) is 17.6 Å². The summed E-state index contributed by atoms with van der Waals surface area (Å²) < 4.78 is 7.15. The number of aromatic nitrogens is 1. The highest BCUT2D eigenvalue weighted by atomic mass is 16.5. The molecule has 0 aromatic carbocycles. The molecule has 3 atom stereocenters. The van der Waals surface area contributed by atoms with E-state index in [0.29, 0.717) is 30.5 Å². The summed E-state index contributed by atoms with van der Waals surface area (Å²) in [5.41, 5.74) is 1.97. The highest BCUT2D eigenvalue weighted by Gasteiger charge is 2.43. The van der Waals surface area contributed by atoms with Crippen molar-refractivity contribution in [3.05, 3.63) is 33.2 Å². The Hall–Kier alpha value is -1.62. The van der Waals surface area contributed by atoms with Crippen molar-refractivity contribution in [2.24, 2.45) is 18.9 Å². The fraction of sp³-hybridized carbons (Fsp3) is 0.647. The molecule has 2 heterocycles. The predicted molar refractivity (Wildman–Crippen MR) is 84.1 cm³/mol. The van der Waals surface area contributed by atoms with Gasteiger partial charge in [0.1, 0.15) is 5.56 Å². The van der Waals surface area contributed by atoms with E-state index in [1.165, 1.54) is 0 Å². The maximum Gasteiger partial charge on any atom is 0.263 e. The molecule has 2 bridgehead atoms. The molecule has 2 fully saturated rings. The Labute approximate surface area is 130 Å². The summed E-state index contributed by atoms with van der Waals surface area (Å²) in [6.45, 7) is 5.23. The van der Waals surface area contributed by atoms with Gasteiger partial charge >= 0.3 is 0 Å². The van der Waals surface area contributed by atoms with E-state index in [0.717, 1.165) is 24.1 Å². The number of aryl methyl sites for hydroxylation is 1. The van der Waals surface area contributed by atoms with Gasteiger partial charge in [0.05, 0.1) is 6.10 Å². The van der Waals surface area contributed by atoms with Gasteiger partial charge in [-0.15, -0.1) is 0 Å². The van der Waals surface area contributed by atoms with Gasteiger partial charge in [-0.2, -0.15) is 0 Å². The van der Waals surface area contributed by atoms with Crippen LogP contribution in [0, 0.1) is 25.7 Å². The first-order valence-corrected chi connectivity index (χ1v) is 7.93. The molecule has 1 saturated heterocycles. The van der Waals surface area contributed by atoms with Crippen molar-refractivity contribution in [3.8, 4) is 0 Å². The van der Waals surface area contributed by atoms with Crippen LogP contribution in [-0.2, 0) is 11.8 Å². The molecular weight excluding hydrogens is 280 g/mol. The number of amides is 1. The van der Waals surface area contributed by atoms with Crippen LogP contribution in [0.2, 0.25) is 0 Å². The lowest BCUT2D eigenvalue weighted by atomic mass is 9.94. The molecule has 0 spiro atoms. The van der Waals surface area contributed by atoms with Crippen molar-refractivity contribution in [3.63, 3.8) is 0 Å². The summed E-state index contributed by atoms with van der Waals surface area (Å²) in [4.78, 5) is 27.1. The van der Waals surface area contributed by atoms with Crippen molar-refractivity contribution in [2.45, 2.75) is 32.8 Å². The van der Waals surface area contributed by atoms with Crippen LogP contribution in [0.3, 0.4) is 0 Å². The minimum Gasteiger partial charge on any atom is -0.381 e. The Bertz CT molecular complexity index is 651. The predicted octanol–water partition coefficient (Wildman–Crippen LogP) is 1.50. The van der Waals surface area contributed by atoms with Crippen molar-refractivity contribution in [1.82, 2.24) is 9.47 Å². The Balaban J connectivity index is 1.89. The number of pyridine rings is 1. The van der Waals surface area contributed by atoms with E-state index >= 15 is 0 Å². The number of piperidine rings is 1. The molecule has 0 N–H and O–H groups in total. The topological polar surface area (TPSA) is 51.5 Å². The van der Waals surface area contributed by atoms with Crippen molar-refractivity contribution in [1.29, 1.82) is 0 Å². The van der Waals surface area contributed by atoms with Gasteiger partial charge in [-0.25, -0.2) is 0 Å². The van der Waals surface area contributed by atoms with Crippen LogP contribution in [0.15, 0.2) is 10.9 Å². The van der Waals surface area contributed by atoms with Gasteiger partial charge in [-0.05, 0) is 38.3 Å². The van der Waals surface area contributed by atoms with E-state index in [1.807, 2.05) is 18.7 Å². The van der Waals surface area contributed by atoms with Crippen LogP contribution >= 0.6 is 0 Å². The third kappa shape index (κ3) is 2.28. The number of hydrogen-bond donors (Lipinski definition) is 0. The number of methoxy groups -OCH3 is 1. The molecule has 1 aromatic rings. The Kier molecular flexibility index (Phi) is 3.85. The van der Waals surface area contributed by atoms with E-state index in [4.69, 9.17) is 4.74 Å². The lowest BCUT2D eigenvalue weighted by Crippen LogP contribution is -2.49. The molecule has 1 aromatic heterocycles. The summed E-state index contributed by atoms with van der Waals surface area (Å²) >= 11 is 0. The van der Waals surface area contributed by atoms with Crippen molar-refractivity contribution < 1.29 is 9.53 Å². The lowest BCUT2D eigenvalue weighted by Gasteiger charge is -2.37. The van der Waals surface area contributed by atoms with Gasteiger partial charge in [0, 0.05) is 44.8 Å². The molecule has 2 aliphatic rings. The van der Waals surface area contributed by atoms with Gasteiger partial charge in [-0.1, -0.05) is 0 Å². The smallest absolute Gasteiger partial charge is 0.263 e. The maximum absolute atomic E-state index is 12.8. The first-order valence-electron chi connectivity index (χ1n) is 7.93. The number of carbonyl (C=O) groups is 1. The minimum atomic E-state index is -0.200. The molecule has 22 heavy (non-hydrogen) atoms. The zero-order valence-corrected chi connectivity index (χ0v) is 13.8. The number of fused-ring (bicyclic) bond motifs is 2. The number of nitrogens with zero attached hydrogens (tertiary/aromatic N) is 2. The third-order valence-corrected chi connectivity index (χ3v) is 5.51.